The molecule has 0 atom stereocenters. The summed E-state index contributed by atoms with van der Waals surface area (Å²) in [6.07, 6.45) is 0.898. The second-order valence-electron chi connectivity index (χ2n) is 7.81. The Morgan fingerprint density at radius 3 is 2.64 bits per heavy atom. The lowest BCUT2D eigenvalue weighted by Gasteiger charge is -2.11. The lowest BCUT2D eigenvalue weighted by atomic mass is 10.1. The number of amides is 1. The zero-order chi connectivity index (χ0) is 23.4. The van der Waals surface area contributed by atoms with Gasteiger partial charge in [0.2, 0.25) is 5.89 Å². The Balaban J connectivity index is 1.40. The molecule has 0 saturated carbocycles. The molecule has 4 aromatic rings. The molecule has 4 rings (SSSR count). The molecular formula is C26H25N3O3S. The number of nitrogens with zero attached hydrogens (tertiary/aromatic N) is 1. The van der Waals surface area contributed by atoms with Gasteiger partial charge in [-0.3, -0.25) is 10.1 Å². The number of hydrogen-bond donors (Lipinski definition) is 2. The zero-order valence-corrected chi connectivity index (χ0v) is 19.6. The van der Waals surface area contributed by atoms with Gasteiger partial charge in [0.1, 0.15) is 11.3 Å². The summed E-state index contributed by atoms with van der Waals surface area (Å²) in [5.74, 6) is 0.915. The van der Waals surface area contributed by atoms with Gasteiger partial charge in [0.05, 0.1) is 6.61 Å². The van der Waals surface area contributed by atoms with Gasteiger partial charge in [0.15, 0.2) is 10.7 Å². The van der Waals surface area contributed by atoms with E-state index in [9.17, 15) is 4.79 Å². The fourth-order valence-corrected chi connectivity index (χ4v) is 3.69. The number of fused-ring (bicyclic) bond motifs is 1. The molecule has 0 aliphatic carbocycles. The van der Waals surface area contributed by atoms with Gasteiger partial charge in [0.25, 0.3) is 5.91 Å². The Labute approximate surface area is 198 Å². The summed E-state index contributed by atoms with van der Waals surface area (Å²) in [6, 6.07) is 18.6. The molecule has 0 radical (unpaired) electrons. The molecule has 0 spiro atoms. The molecule has 2 N–H and O–H groups in total. The summed E-state index contributed by atoms with van der Waals surface area (Å²) >= 11 is 5.31. The number of anilines is 1. The number of oxazole rings is 1. The Morgan fingerprint density at radius 1 is 1.09 bits per heavy atom. The van der Waals surface area contributed by atoms with Gasteiger partial charge in [-0.2, -0.15) is 0 Å². The maximum atomic E-state index is 12.5. The van der Waals surface area contributed by atoms with Gasteiger partial charge in [0, 0.05) is 16.8 Å². The molecule has 1 amide bonds. The normalized spacial score (nSPS) is 10.8. The Hall–Kier alpha value is -3.71. The van der Waals surface area contributed by atoms with Crippen molar-refractivity contribution in [2.45, 2.75) is 27.2 Å². The summed E-state index contributed by atoms with van der Waals surface area (Å²) in [5.41, 5.74) is 5.92. The van der Waals surface area contributed by atoms with Crippen LogP contribution in [0, 0.1) is 13.8 Å². The van der Waals surface area contributed by atoms with Gasteiger partial charge in [-0.15, -0.1) is 0 Å². The molecule has 6 nitrogen and oxygen atoms in total. The molecule has 168 valence electrons. The minimum atomic E-state index is -0.303. The first-order valence-corrected chi connectivity index (χ1v) is 11.2. The number of carbonyl (C=O) groups excluding carboxylic acids is 1. The lowest BCUT2D eigenvalue weighted by molar-refractivity contribution is 0.0977. The average molecular weight is 460 g/mol. The minimum absolute atomic E-state index is 0.209. The second kappa shape index (κ2) is 9.83. The van der Waals surface area contributed by atoms with Crippen LogP contribution in [0.3, 0.4) is 0 Å². The van der Waals surface area contributed by atoms with Crippen molar-refractivity contribution in [3.63, 3.8) is 0 Å². The predicted octanol–water partition coefficient (Wildman–Crippen LogP) is 6.03. The minimum Gasteiger partial charge on any atom is -0.494 e. The van der Waals surface area contributed by atoms with E-state index in [-0.39, 0.29) is 11.0 Å². The zero-order valence-electron chi connectivity index (χ0n) is 18.8. The van der Waals surface area contributed by atoms with Crippen LogP contribution < -0.4 is 15.4 Å². The fourth-order valence-electron chi connectivity index (χ4n) is 3.48. The molecule has 1 aromatic heterocycles. The van der Waals surface area contributed by atoms with E-state index in [1.54, 1.807) is 18.2 Å². The van der Waals surface area contributed by atoms with Crippen molar-refractivity contribution in [3.05, 3.63) is 77.4 Å². The fraction of sp³-hybridized carbons (Fsp3) is 0.192. The molecule has 33 heavy (non-hydrogen) atoms. The highest BCUT2D eigenvalue weighted by Crippen LogP contribution is 2.28. The Morgan fingerprint density at radius 2 is 1.88 bits per heavy atom. The van der Waals surface area contributed by atoms with Crippen LogP contribution in [0.25, 0.3) is 22.6 Å². The van der Waals surface area contributed by atoms with Crippen molar-refractivity contribution in [2.75, 3.05) is 11.9 Å². The van der Waals surface area contributed by atoms with Gasteiger partial charge >= 0.3 is 0 Å². The summed E-state index contributed by atoms with van der Waals surface area (Å²) < 4.78 is 11.6. The van der Waals surface area contributed by atoms with Gasteiger partial charge in [-0.05, 0) is 92.1 Å². The third-order valence-electron chi connectivity index (χ3n) is 5.01. The van der Waals surface area contributed by atoms with E-state index in [0.29, 0.717) is 23.8 Å². The van der Waals surface area contributed by atoms with Crippen LogP contribution in [0.4, 0.5) is 5.69 Å². The number of nitrogens with one attached hydrogen (secondary N) is 2. The molecular weight excluding hydrogens is 434 g/mol. The highest BCUT2D eigenvalue weighted by Gasteiger charge is 2.12. The third-order valence-corrected chi connectivity index (χ3v) is 5.21. The quantitative estimate of drug-likeness (QED) is 0.343. The summed E-state index contributed by atoms with van der Waals surface area (Å²) in [6.45, 7) is 6.69. The van der Waals surface area contributed by atoms with E-state index in [1.165, 1.54) is 0 Å². The molecule has 0 bridgehead atoms. The molecule has 1 heterocycles. The maximum Gasteiger partial charge on any atom is 0.257 e. The van der Waals surface area contributed by atoms with Crippen molar-refractivity contribution in [3.8, 4) is 17.2 Å². The topological polar surface area (TPSA) is 76.4 Å². The summed E-state index contributed by atoms with van der Waals surface area (Å²) in [7, 11) is 0. The number of hydrogen-bond acceptors (Lipinski definition) is 5. The van der Waals surface area contributed by atoms with Crippen molar-refractivity contribution in [1.82, 2.24) is 10.3 Å². The van der Waals surface area contributed by atoms with E-state index >= 15 is 0 Å². The van der Waals surface area contributed by atoms with Crippen molar-refractivity contribution < 1.29 is 13.9 Å². The number of aryl methyl sites for hydroxylation is 2. The van der Waals surface area contributed by atoms with E-state index < -0.39 is 0 Å². The third kappa shape index (κ3) is 5.38. The van der Waals surface area contributed by atoms with Crippen molar-refractivity contribution in [2.24, 2.45) is 0 Å². The molecule has 0 unspecified atom stereocenters. The van der Waals surface area contributed by atoms with Crippen molar-refractivity contribution >= 4 is 40.0 Å². The van der Waals surface area contributed by atoms with Crippen LogP contribution >= 0.6 is 12.2 Å². The largest absolute Gasteiger partial charge is 0.494 e. The van der Waals surface area contributed by atoms with Crippen LogP contribution in [0.1, 0.15) is 34.8 Å². The van der Waals surface area contributed by atoms with Gasteiger partial charge in [-0.1, -0.05) is 19.1 Å². The van der Waals surface area contributed by atoms with Crippen LogP contribution in [0.2, 0.25) is 0 Å². The van der Waals surface area contributed by atoms with Crippen molar-refractivity contribution in [1.29, 1.82) is 0 Å². The van der Waals surface area contributed by atoms with Crippen LogP contribution in [0.5, 0.6) is 5.75 Å². The monoisotopic (exact) mass is 459 g/mol. The number of rotatable bonds is 6. The van der Waals surface area contributed by atoms with E-state index in [2.05, 4.69) is 21.7 Å². The van der Waals surface area contributed by atoms with Crippen LogP contribution in [-0.2, 0) is 0 Å². The molecule has 0 aliphatic rings. The first-order valence-electron chi connectivity index (χ1n) is 10.8. The predicted molar refractivity (Wildman–Crippen MR) is 135 cm³/mol. The number of aromatic nitrogens is 1. The van der Waals surface area contributed by atoms with E-state index in [0.717, 1.165) is 39.9 Å². The van der Waals surface area contributed by atoms with Gasteiger partial charge < -0.3 is 14.5 Å². The van der Waals surface area contributed by atoms with Crippen LogP contribution in [0.15, 0.2) is 65.1 Å². The number of thiocarbonyl (C=S) groups is 1. The van der Waals surface area contributed by atoms with Crippen LogP contribution in [-0.4, -0.2) is 22.6 Å². The molecule has 0 saturated heterocycles. The first kappa shape index (κ1) is 22.5. The Kier molecular flexibility index (Phi) is 6.70. The number of benzene rings is 3. The van der Waals surface area contributed by atoms with Gasteiger partial charge in [-0.25, -0.2) is 4.98 Å². The molecule has 0 fully saturated rings. The Bertz CT molecular complexity index is 1310. The second-order valence-corrected chi connectivity index (χ2v) is 8.22. The summed E-state index contributed by atoms with van der Waals surface area (Å²) in [5, 5.41) is 5.94. The lowest BCUT2D eigenvalue weighted by Crippen LogP contribution is -2.34. The standard InChI is InChI=1S/C26H25N3O3S/c1-4-12-31-21-7-5-6-19(15-21)24(30)29-26(33)27-20-10-8-18(9-11-20)25-28-22-14-16(2)13-17(3)23(22)32-25/h5-11,13-15H,4,12H2,1-3H3,(H2,27,29,30,33). The summed E-state index contributed by atoms with van der Waals surface area (Å²) in [4.78, 5) is 17.1. The molecule has 3 aromatic carbocycles. The number of ether oxygens (including phenoxy) is 1. The SMILES string of the molecule is CCCOc1cccc(C(=O)NC(=S)Nc2ccc(-c3nc4cc(C)cc(C)c4o3)cc2)c1. The smallest absolute Gasteiger partial charge is 0.257 e. The van der Waals surface area contributed by atoms with E-state index in [1.807, 2.05) is 57.2 Å². The highest BCUT2D eigenvalue weighted by molar-refractivity contribution is 7.80. The molecule has 7 heteroatoms. The maximum absolute atomic E-state index is 12.5. The van der Waals surface area contributed by atoms with E-state index in [4.69, 9.17) is 21.4 Å². The highest BCUT2D eigenvalue weighted by atomic mass is 32.1. The molecule has 0 aliphatic heterocycles. The first-order chi connectivity index (χ1) is 15.9. The average Bonchev–Trinajstić information content (AvgIpc) is 3.22. The number of carbonyl (C=O) groups is 1.